The molecule has 0 aliphatic heterocycles. The van der Waals surface area contributed by atoms with Crippen molar-refractivity contribution in [2.24, 2.45) is 5.92 Å². The average molecular weight is 287 g/mol. The van der Waals surface area contributed by atoms with Crippen molar-refractivity contribution in [1.82, 2.24) is 4.90 Å². The van der Waals surface area contributed by atoms with Crippen molar-refractivity contribution >= 4 is 12.1 Å². The molecule has 0 saturated carbocycles. The largest absolute Gasteiger partial charge is 0.464 e. The van der Waals surface area contributed by atoms with Crippen LogP contribution < -0.4 is 0 Å². The maximum atomic E-state index is 12.1. The van der Waals surface area contributed by atoms with Gasteiger partial charge in [0.05, 0.1) is 13.2 Å². The van der Waals surface area contributed by atoms with E-state index in [1.54, 1.807) is 7.05 Å². The van der Waals surface area contributed by atoms with Crippen LogP contribution in [0.5, 0.6) is 0 Å². The van der Waals surface area contributed by atoms with Gasteiger partial charge < -0.3 is 9.47 Å². The quantitative estimate of drug-likeness (QED) is 0.482. The minimum absolute atomic E-state index is 0.0205. The van der Waals surface area contributed by atoms with Crippen molar-refractivity contribution in [1.29, 1.82) is 0 Å². The average Bonchev–Trinajstić information content (AvgIpc) is 2.38. The number of unbranched alkanes of at least 4 members (excludes halogenated alkanes) is 2. The van der Waals surface area contributed by atoms with Crippen molar-refractivity contribution in [2.45, 2.75) is 59.4 Å². The van der Waals surface area contributed by atoms with Crippen LogP contribution in [0.1, 0.15) is 53.4 Å². The van der Waals surface area contributed by atoms with Gasteiger partial charge in [0, 0.05) is 7.05 Å². The standard InChI is InChI=1S/C15H29NO4/c1-6-8-10-19-14(17)13(12(3)4)16(5)15(18)20-11-9-7-2/h12-13H,6-11H2,1-5H3. The molecule has 1 unspecified atom stereocenters. The molecule has 0 spiro atoms. The molecule has 5 heteroatoms. The topological polar surface area (TPSA) is 55.8 Å². The summed E-state index contributed by atoms with van der Waals surface area (Å²) in [4.78, 5) is 25.3. The molecule has 5 nitrogen and oxygen atoms in total. The fourth-order valence-corrected chi connectivity index (χ4v) is 1.80. The summed E-state index contributed by atoms with van der Waals surface area (Å²) in [5, 5.41) is 0. The van der Waals surface area contributed by atoms with Crippen LogP contribution >= 0.6 is 0 Å². The molecule has 20 heavy (non-hydrogen) atoms. The smallest absolute Gasteiger partial charge is 0.410 e. The first-order chi connectivity index (χ1) is 9.45. The first-order valence-corrected chi connectivity index (χ1v) is 7.51. The number of esters is 1. The van der Waals surface area contributed by atoms with Crippen LogP contribution in [-0.4, -0.2) is 43.3 Å². The number of ether oxygens (including phenoxy) is 2. The number of nitrogens with zero attached hydrogens (tertiary/aromatic N) is 1. The van der Waals surface area contributed by atoms with E-state index in [0.717, 1.165) is 25.7 Å². The molecule has 118 valence electrons. The van der Waals surface area contributed by atoms with Crippen molar-refractivity contribution < 1.29 is 19.1 Å². The van der Waals surface area contributed by atoms with E-state index < -0.39 is 12.1 Å². The zero-order chi connectivity index (χ0) is 15.5. The van der Waals surface area contributed by atoms with E-state index in [0.29, 0.717) is 13.2 Å². The third-order valence-corrected chi connectivity index (χ3v) is 3.04. The summed E-state index contributed by atoms with van der Waals surface area (Å²) in [7, 11) is 1.58. The number of carbonyl (C=O) groups is 2. The second kappa shape index (κ2) is 10.5. The Morgan fingerprint density at radius 2 is 1.50 bits per heavy atom. The zero-order valence-electron chi connectivity index (χ0n) is 13.5. The number of rotatable bonds is 9. The lowest BCUT2D eigenvalue weighted by atomic mass is 10.0. The van der Waals surface area contributed by atoms with E-state index in [1.807, 2.05) is 27.7 Å². The molecule has 0 heterocycles. The molecule has 0 aliphatic rings. The second-order valence-corrected chi connectivity index (χ2v) is 5.29. The Labute approximate surface area is 122 Å². The van der Waals surface area contributed by atoms with Gasteiger partial charge in [0.1, 0.15) is 6.04 Å². The van der Waals surface area contributed by atoms with Crippen LogP contribution in [-0.2, 0) is 14.3 Å². The summed E-state index contributed by atoms with van der Waals surface area (Å²) in [5.74, 6) is -0.378. The van der Waals surface area contributed by atoms with Crippen molar-refractivity contribution in [3.05, 3.63) is 0 Å². The Kier molecular flexibility index (Phi) is 9.86. The van der Waals surface area contributed by atoms with Gasteiger partial charge in [-0.15, -0.1) is 0 Å². The van der Waals surface area contributed by atoms with Crippen LogP contribution in [0.3, 0.4) is 0 Å². The van der Waals surface area contributed by atoms with E-state index in [4.69, 9.17) is 9.47 Å². The molecule has 0 bridgehead atoms. The highest BCUT2D eigenvalue weighted by molar-refractivity contribution is 5.81. The third kappa shape index (κ3) is 6.78. The van der Waals surface area contributed by atoms with Gasteiger partial charge in [-0.3, -0.25) is 4.90 Å². The molecule has 1 atom stereocenters. The fraction of sp³-hybridized carbons (Fsp3) is 0.867. The molecule has 0 fully saturated rings. The lowest BCUT2D eigenvalue weighted by Gasteiger charge is -2.28. The number of amides is 1. The van der Waals surface area contributed by atoms with Crippen molar-refractivity contribution in [2.75, 3.05) is 20.3 Å². The molecular weight excluding hydrogens is 258 g/mol. The lowest BCUT2D eigenvalue weighted by Crippen LogP contribution is -2.46. The van der Waals surface area contributed by atoms with E-state index in [-0.39, 0.29) is 11.9 Å². The van der Waals surface area contributed by atoms with Crippen molar-refractivity contribution in [3.63, 3.8) is 0 Å². The van der Waals surface area contributed by atoms with Gasteiger partial charge in [0.2, 0.25) is 0 Å². The van der Waals surface area contributed by atoms with Crippen LogP contribution in [0.15, 0.2) is 0 Å². The van der Waals surface area contributed by atoms with E-state index in [1.165, 1.54) is 4.90 Å². The predicted octanol–water partition coefficient (Wildman–Crippen LogP) is 3.22. The van der Waals surface area contributed by atoms with E-state index in [9.17, 15) is 9.59 Å². The van der Waals surface area contributed by atoms with Crippen LogP contribution in [0.2, 0.25) is 0 Å². The van der Waals surface area contributed by atoms with Gasteiger partial charge in [-0.25, -0.2) is 9.59 Å². The minimum Gasteiger partial charge on any atom is -0.464 e. The number of carbonyl (C=O) groups excluding carboxylic acids is 2. The highest BCUT2D eigenvalue weighted by Gasteiger charge is 2.31. The Morgan fingerprint density at radius 1 is 1.00 bits per heavy atom. The molecule has 0 rings (SSSR count). The number of hydrogen-bond acceptors (Lipinski definition) is 4. The lowest BCUT2D eigenvalue weighted by molar-refractivity contribution is -0.150. The zero-order valence-corrected chi connectivity index (χ0v) is 13.5. The molecule has 0 aromatic carbocycles. The monoisotopic (exact) mass is 287 g/mol. The van der Waals surface area contributed by atoms with Gasteiger partial charge in [-0.1, -0.05) is 40.5 Å². The van der Waals surface area contributed by atoms with Gasteiger partial charge >= 0.3 is 12.1 Å². The SMILES string of the molecule is CCCCOC(=O)C(C(C)C)N(C)C(=O)OCCCC. The summed E-state index contributed by atoms with van der Waals surface area (Å²) in [5.41, 5.74) is 0. The highest BCUT2D eigenvalue weighted by Crippen LogP contribution is 2.13. The molecule has 0 saturated heterocycles. The summed E-state index contributed by atoms with van der Waals surface area (Å²) < 4.78 is 10.3. The first-order valence-electron chi connectivity index (χ1n) is 7.51. The normalized spacial score (nSPS) is 12.1. The highest BCUT2D eigenvalue weighted by atomic mass is 16.6. The maximum Gasteiger partial charge on any atom is 0.410 e. The first kappa shape index (κ1) is 18.7. The summed E-state index contributed by atoms with van der Waals surface area (Å²) in [6.45, 7) is 8.63. The van der Waals surface area contributed by atoms with E-state index in [2.05, 4.69) is 0 Å². The van der Waals surface area contributed by atoms with Crippen molar-refractivity contribution in [3.8, 4) is 0 Å². The van der Waals surface area contributed by atoms with Gasteiger partial charge in [0.15, 0.2) is 0 Å². The molecule has 0 N–H and O–H groups in total. The second-order valence-electron chi connectivity index (χ2n) is 5.29. The Hall–Kier alpha value is -1.26. The number of likely N-dealkylation sites (N-methyl/N-ethyl adjacent to an activating group) is 1. The minimum atomic E-state index is -0.596. The Balaban J connectivity index is 4.48. The molecule has 0 radical (unpaired) electrons. The van der Waals surface area contributed by atoms with Gasteiger partial charge in [-0.2, -0.15) is 0 Å². The molecule has 0 aromatic heterocycles. The summed E-state index contributed by atoms with van der Waals surface area (Å²) in [6.07, 6.45) is 3.12. The van der Waals surface area contributed by atoms with Gasteiger partial charge in [-0.05, 0) is 18.8 Å². The van der Waals surface area contributed by atoms with E-state index >= 15 is 0 Å². The van der Waals surface area contributed by atoms with Crippen LogP contribution in [0, 0.1) is 5.92 Å². The summed E-state index contributed by atoms with van der Waals surface area (Å²) in [6, 6.07) is -0.596. The molecule has 1 amide bonds. The Bertz CT molecular complexity index is 292. The molecule has 0 aliphatic carbocycles. The van der Waals surface area contributed by atoms with Gasteiger partial charge in [0.25, 0.3) is 0 Å². The Morgan fingerprint density at radius 3 is 1.95 bits per heavy atom. The molecular formula is C15H29NO4. The summed E-state index contributed by atoms with van der Waals surface area (Å²) >= 11 is 0. The predicted molar refractivity (Wildman–Crippen MR) is 78.5 cm³/mol. The number of hydrogen-bond donors (Lipinski definition) is 0. The van der Waals surface area contributed by atoms with Crippen LogP contribution in [0.4, 0.5) is 4.79 Å². The fourth-order valence-electron chi connectivity index (χ4n) is 1.80. The third-order valence-electron chi connectivity index (χ3n) is 3.04. The molecule has 0 aromatic rings. The van der Waals surface area contributed by atoms with Crippen LogP contribution in [0.25, 0.3) is 0 Å². The maximum absolute atomic E-state index is 12.1.